The molecule has 4 aromatic rings. The van der Waals surface area contributed by atoms with Crippen molar-refractivity contribution < 1.29 is 35.9 Å². The van der Waals surface area contributed by atoms with Crippen LogP contribution in [-0.2, 0) is 25.9 Å². The highest BCUT2D eigenvalue weighted by Crippen LogP contribution is 2.45. The minimum Gasteiger partial charge on any atom is -0.365 e. The third kappa shape index (κ3) is 4.69. The van der Waals surface area contributed by atoms with Crippen molar-refractivity contribution in [3.05, 3.63) is 44.9 Å². The zero-order valence-electron chi connectivity index (χ0n) is 19.5. The standard InChI is InChI=1S/C21H16ClF6N7O2S/c1-4-35-6-9(7(2)32-35)8-5-10(20(23,24)25)30-19-11(8)13(15(38-19)17(29)36)31-18(37)14-12(22)16(21(26,27)28)34(3)33-14/h5-6H,4H2,1-3H3,(H2,29,36)(H,31,37). The molecule has 0 atom stereocenters. The van der Waals surface area contributed by atoms with Crippen molar-refractivity contribution in [3.63, 3.8) is 0 Å². The van der Waals surface area contributed by atoms with Crippen LogP contribution in [0.5, 0.6) is 0 Å². The van der Waals surface area contributed by atoms with Crippen LogP contribution in [0.4, 0.5) is 32.0 Å². The summed E-state index contributed by atoms with van der Waals surface area (Å²) in [7, 11) is 0.926. The molecule has 0 aliphatic rings. The van der Waals surface area contributed by atoms with Gasteiger partial charge in [-0.15, -0.1) is 11.3 Å². The number of nitrogens with two attached hydrogens (primary N) is 1. The number of primary amides is 1. The van der Waals surface area contributed by atoms with Crippen LogP contribution in [0, 0.1) is 6.92 Å². The van der Waals surface area contributed by atoms with Crippen LogP contribution >= 0.6 is 22.9 Å². The number of nitrogens with one attached hydrogen (secondary N) is 1. The van der Waals surface area contributed by atoms with Crippen molar-refractivity contribution in [1.82, 2.24) is 24.5 Å². The maximum absolute atomic E-state index is 13.7. The van der Waals surface area contributed by atoms with E-state index in [1.54, 1.807) is 13.8 Å². The molecule has 0 aromatic carbocycles. The summed E-state index contributed by atoms with van der Waals surface area (Å²) in [4.78, 5) is 28.2. The first-order valence-corrected chi connectivity index (χ1v) is 11.7. The van der Waals surface area contributed by atoms with Crippen LogP contribution in [0.1, 0.15) is 44.2 Å². The highest BCUT2D eigenvalue weighted by atomic mass is 35.5. The number of rotatable bonds is 5. The van der Waals surface area contributed by atoms with E-state index in [0.29, 0.717) is 28.3 Å². The summed E-state index contributed by atoms with van der Waals surface area (Å²) in [5, 5.41) is 8.94. The Balaban J connectivity index is 1.98. The predicted molar refractivity (Wildman–Crippen MR) is 126 cm³/mol. The van der Waals surface area contributed by atoms with Crippen LogP contribution in [0.25, 0.3) is 21.3 Å². The molecule has 0 bridgehead atoms. The molecule has 4 aromatic heterocycles. The summed E-state index contributed by atoms with van der Waals surface area (Å²) >= 11 is 6.28. The number of aromatic nitrogens is 5. The average molecular weight is 580 g/mol. The summed E-state index contributed by atoms with van der Waals surface area (Å²) in [6.45, 7) is 3.69. The number of carbonyl (C=O) groups excluding carboxylic acids is 2. The van der Waals surface area contributed by atoms with Gasteiger partial charge in [-0.25, -0.2) is 4.98 Å². The van der Waals surface area contributed by atoms with Crippen molar-refractivity contribution in [2.75, 3.05) is 5.32 Å². The first-order chi connectivity index (χ1) is 17.5. The number of alkyl halides is 6. The molecule has 4 heterocycles. The zero-order valence-corrected chi connectivity index (χ0v) is 21.1. The lowest BCUT2D eigenvalue weighted by Crippen LogP contribution is -2.17. The minimum absolute atomic E-state index is 0.0818. The van der Waals surface area contributed by atoms with Gasteiger partial charge in [0.15, 0.2) is 11.4 Å². The van der Waals surface area contributed by atoms with E-state index in [4.69, 9.17) is 17.3 Å². The van der Waals surface area contributed by atoms with E-state index in [1.807, 2.05) is 0 Å². The van der Waals surface area contributed by atoms with E-state index in [2.05, 4.69) is 20.5 Å². The van der Waals surface area contributed by atoms with Crippen LogP contribution in [0.15, 0.2) is 12.3 Å². The second-order valence-corrected chi connectivity index (χ2v) is 9.35. The normalized spacial score (nSPS) is 12.4. The van der Waals surface area contributed by atoms with Crippen molar-refractivity contribution in [3.8, 4) is 11.1 Å². The number of fused-ring (bicyclic) bond motifs is 1. The predicted octanol–water partition coefficient (Wildman–Crippen LogP) is 5.26. The maximum Gasteiger partial charge on any atom is 0.434 e. The number of hydrogen-bond donors (Lipinski definition) is 2. The van der Waals surface area contributed by atoms with Crippen LogP contribution in [-0.4, -0.2) is 36.4 Å². The quantitative estimate of drug-likeness (QED) is 0.312. The van der Waals surface area contributed by atoms with E-state index in [9.17, 15) is 35.9 Å². The smallest absolute Gasteiger partial charge is 0.365 e. The number of thiophene rings is 1. The van der Waals surface area contributed by atoms with E-state index >= 15 is 0 Å². The Bertz CT molecular complexity index is 1600. The van der Waals surface area contributed by atoms with E-state index in [0.717, 1.165) is 13.1 Å². The molecule has 0 aliphatic carbocycles. The molecule has 0 aliphatic heterocycles. The first-order valence-electron chi connectivity index (χ1n) is 10.5. The molecule has 17 heteroatoms. The topological polar surface area (TPSA) is 121 Å². The molecule has 0 saturated carbocycles. The van der Waals surface area contributed by atoms with E-state index in [-0.39, 0.29) is 31.9 Å². The lowest BCUT2D eigenvalue weighted by molar-refractivity contribution is -0.143. The molecule has 0 saturated heterocycles. The highest BCUT2D eigenvalue weighted by molar-refractivity contribution is 7.21. The van der Waals surface area contributed by atoms with Crippen LogP contribution in [0.3, 0.4) is 0 Å². The molecule has 3 N–H and O–H groups in total. The average Bonchev–Trinajstić information content (AvgIpc) is 3.44. The van der Waals surface area contributed by atoms with Gasteiger partial charge in [0.05, 0.1) is 11.4 Å². The lowest BCUT2D eigenvalue weighted by Gasteiger charge is -2.11. The Kier molecular flexibility index (Phi) is 6.68. The molecule has 202 valence electrons. The second-order valence-electron chi connectivity index (χ2n) is 7.97. The summed E-state index contributed by atoms with van der Waals surface area (Å²) in [5.41, 5.74) is 2.08. The van der Waals surface area contributed by atoms with Crippen LogP contribution < -0.4 is 11.1 Å². The summed E-state index contributed by atoms with van der Waals surface area (Å²) in [5.74, 6) is -2.37. The summed E-state index contributed by atoms with van der Waals surface area (Å²) < 4.78 is 83.0. The fourth-order valence-corrected chi connectivity index (χ4v) is 5.18. The lowest BCUT2D eigenvalue weighted by atomic mass is 10.0. The molecule has 9 nitrogen and oxygen atoms in total. The van der Waals surface area contributed by atoms with Gasteiger partial charge in [0.1, 0.15) is 20.4 Å². The SMILES string of the molecule is CCn1cc(-c2cc(C(F)(F)F)nc3sc(C(N)=O)c(NC(=O)c4nn(C)c(C(F)(F)F)c4Cl)c23)c(C)n1. The molecule has 4 rings (SSSR count). The summed E-state index contributed by atoms with van der Waals surface area (Å²) in [6, 6.07) is 0.731. The van der Waals surface area contributed by atoms with E-state index < -0.39 is 46.3 Å². The van der Waals surface area contributed by atoms with Gasteiger partial charge >= 0.3 is 12.4 Å². The van der Waals surface area contributed by atoms with Crippen molar-refractivity contribution >= 4 is 50.7 Å². The Morgan fingerprint density at radius 1 is 1.13 bits per heavy atom. The Hall–Kier alpha value is -3.66. The van der Waals surface area contributed by atoms with E-state index in [1.165, 1.54) is 10.9 Å². The number of aryl methyl sites for hydroxylation is 3. The Morgan fingerprint density at radius 2 is 1.79 bits per heavy atom. The zero-order chi connectivity index (χ0) is 28.3. The van der Waals surface area contributed by atoms with Gasteiger partial charge in [0, 0.05) is 30.7 Å². The molecule has 0 unspecified atom stereocenters. The third-order valence-corrected chi connectivity index (χ3v) is 6.90. The number of nitrogens with zero attached hydrogens (tertiary/aromatic N) is 5. The molecule has 2 amide bonds. The number of halogens is 7. The van der Waals surface area contributed by atoms with Gasteiger partial charge in [-0.05, 0) is 25.5 Å². The summed E-state index contributed by atoms with van der Waals surface area (Å²) in [6.07, 6.45) is -8.33. The minimum atomic E-state index is -4.94. The van der Waals surface area contributed by atoms with Crippen molar-refractivity contribution in [2.45, 2.75) is 32.7 Å². The molecule has 0 fully saturated rings. The second kappa shape index (κ2) is 9.27. The van der Waals surface area contributed by atoms with Gasteiger partial charge < -0.3 is 11.1 Å². The molecular weight excluding hydrogens is 564 g/mol. The number of carbonyl (C=O) groups is 2. The third-order valence-electron chi connectivity index (χ3n) is 5.45. The van der Waals surface area contributed by atoms with Gasteiger partial charge in [-0.3, -0.25) is 19.0 Å². The monoisotopic (exact) mass is 579 g/mol. The molecule has 38 heavy (non-hydrogen) atoms. The Labute approximate surface area is 218 Å². The molecular formula is C21H16ClF6N7O2S. The molecule has 0 spiro atoms. The van der Waals surface area contributed by atoms with Gasteiger partial charge in [-0.2, -0.15) is 36.5 Å². The number of hydrogen-bond acceptors (Lipinski definition) is 6. The highest BCUT2D eigenvalue weighted by Gasteiger charge is 2.40. The Morgan fingerprint density at radius 3 is 2.29 bits per heavy atom. The maximum atomic E-state index is 13.7. The first kappa shape index (κ1) is 27.4. The fourth-order valence-electron chi connectivity index (χ4n) is 3.82. The van der Waals surface area contributed by atoms with Gasteiger partial charge in [0.2, 0.25) is 0 Å². The number of pyridine rings is 1. The van der Waals surface area contributed by atoms with Crippen molar-refractivity contribution in [2.24, 2.45) is 12.8 Å². The largest absolute Gasteiger partial charge is 0.434 e. The fraction of sp³-hybridized carbons (Fsp3) is 0.286. The van der Waals surface area contributed by atoms with Gasteiger partial charge in [0.25, 0.3) is 11.8 Å². The number of anilines is 1. The van der Waals surface area contributed by atoms with Crippen LogP contribution in [0.2, 0.25) is 5.02 Å². The number of amides is 2. The van der Waals surface area contributed by atoms with Crippen molar-refractivity contribution in [1.29, 1.82) is 0 Å². The molecule has 0 radical (unpaired) electrons. The van der Waals surface area contributed by atoms with Gasteiger partial charge in [-0.1, -0.05) is 11.6 Å².